The summed E-state index contributed by atoms with van der Waals surface area (Å²) in [5, 5.41) is 3.43. The Balaban J connectivity index is 1.70. The number of amides is 1. The number of anilines is 1. The molecule has 0 saturated carbocycles. The highest BCUT2D eigenvalue weighted by Crippen LogP contribution is 2.22. The van der Waals surface area contributed by atoms with Crippen molar-refractivity contribution >= 4 is 32.3 Å². The van der Waals surface area contributed by atoms with Crippen LogP contribution in [0.25, 0.3) is 10.9 Å². The summed E-state index contributed by atoms with van der Waals surface area (Å²) < 4.78 is 30.4. The lowest BCUT2D eigenvalue weighted by Crippen LogP contribution is -2.17. The second-order valence-electron chi connectivity index (χ2n) is 5.68. The molecule has 0 spiro atoms. The van der Waals surface area contributed by atoms with Crippen LogP contribution >= 0.6 is 0 Å². The largest absolute Gasteiger partial charge is 0.497 e. The molecule has 0 radical (unpaired) electrons. The van der Waals surface area contributed by atoms with Crippen molar-refractivity contribution in [3.05, 3.63) is 60.8 Å². The number of methoxy groups -OCH3 is 1. The van der Waals surface area contributed by atoms with Crippen LogP contribution in [0.4, 0.5) is 5.69 Å². The summed E-state index contributed by atoms with van der Waals surface area (Å²) in [6, 6.07) is 15.4. The summed E-state index contributed by atoms with van der Waals surface area (Å²) in [5.74, 6) is 0.0194. The van der Waals surface area contributed by atoms with Gasteiger partial charge in [0, 0.05) is 23.7 Å². The Morgan fingerprint density at radius 2 is 1.81 bits per heavy atom. The fourth-order valence-corrected chi connectivity index (χ4v) is 3.99. The summed E-state index contributed by atoms with van der Waals surface area (Å²) in [6.45, 7) is 0. The van der Waals surface area contributed by atoms with E-state index in [0.717, 1.165) is 5.39 Å². The molecule has 3 rings (SSSR count). The number of nitrogens with one attached hydrogen (secondary N) is 1. The summed E-state index contributed by atoms with van der Waals surface area (Å²) in [5.41, 5.74) is 1.01. The van der Waals surface area contributed by atoms with Gasteiger partial charge < -0.3 is 10.1 Å². The number of rotatable bonds is 6. The molecule has 3 aromatic rings. The third-order valence-corrected chi connectivity index (χ3v) is 5.64. The fourth-order valence-electron chi connectivity index (χ4n) is 2.56. The van der Waals surface area contributed by atoms with E-state index in [4.69, 9.17) is 4.74 Å². The zero-order valence-electron chi connectivity index (χ0n) is 14.2. The van der Waals surface area contributed by atoms with Crippen LogP contribution in [-0.2, 0) is 14.6 Å². The first-order chi connectivity index (χ1) is 12.5. The van der Waals surface area contributed by atoms with Crippen LogP contribution in [-0.4, -0.2) is 32.2 Å². The lowest BCUT2D eigenvalue weighted by molar-refractivity contribution is -0.115. The second kappa shape index (κ2) is 7.53. The van der Waals surface area contributed by atoms with E-state index in [1.54, 1.807) is 61.8 Å². The third-order valence-electron chi connectivity index (χ3n) is 3.90. The highest BCUT2D eigenvalue weighted by atomic mass is 32.2. The Labute approximate surface area is 151 Å². The minimum absolute atomic E-state index is 0.141. The average molecular weight is 370 g/mol. The normalized spacial score (nSPS) is 11.3. The maximum absolute atomic E-state index is 12.7. The smallest absolute Gasteiger partial charge is 0.225 e. The van der Waals surface area contributed by atoms with Crippen molar-refractivity contribution in [2.45, 2.75) is 11.3 Å². The van der Waals surface area contributed by atoms with Gasteiger partial charge in [-0.2, -0.15) is 0 Å². The van der Waals surface area contributed by atoms with Crippen LogP contribution in [0.2, 0.25) is 0 Å². The van der Waals surface area contributed by atoms with Crippen LogP contribution in [0, 0.1) is 0 Å². The molecule has 26 heavy (non-hydrogen) atoms. The SMILES string of the molecule is COc1ccc(NC(=O)CCS(=O)(=O)c2cccc3cccnc23)cc1. The minimum atomic E-state index is -3.63. The van der Waals surface area contributed by atoms with E-state index >= 15 is 0 Å². The topological polar surface area (TPSA) is 85.4 Å². The number of benzene rings is 2. The lowest BCUT2D eigenvalue weighted by Gasteiger charge is -2.08. The molecule has 2 aromatic carbocycles. The number of pyridine rings is 1. The van der Waals surface area contributed by atoms with Crippen molar-refractivity contribution in [2.24, 2.45) is 0 Å². The molecule has 0 unspecified atom stereocenters. The molecule has 134 valence electrons. The molecule has 0 saturated heterocycles. The minimum Gasteiger partial charge on any atom is -0.497 e. The maximum Gasteiger partial charge on any atom is 0.225 e. The van der Waals surface area contributed by atoms with E-state index in [2.05, 4.69) is 10.3 Å². The van der Waals surface area contributed by atoms with Gasteiger partial charge in [0.25, 0.3) is 0 Å². The molecule has 0 fully saturated rings. The molecule has 1 heterocycles. The van der Waals surface area contributed by atoms with Crippen LogP contribution < -0.4 is 10.1 Å². The Hall–Kier alpha value is -2.93. The van der Waals surface area contributed by atoms with E-state index in [0.29, 0.717) is 17.0 Å². The average Bonchev–Trinajstić information content (AvgIpc) is 2.66. The number of nitrogens with zero attached hydrogens (tertiary/aromatic N) is 1. The van der Waals surface area contributed by atoms with Gasteiger partial charge in [0.2, 0.25) is 5.91 Å². The molecular weight excluding hydrogens is 352 g/mol. The molecule has 0 aliphatic carbocycles. The first-order valence-corrected chi connectivity index (χ1v) is 9.65. The van der Waals surface area contributed by atoms with Gasteiger partial charge in [-0.3, -0.25) is 9.78 Å². The zero-order valence-corrected chi connectivity index (χ0v) is 15.0. The number of para-hydroxylation sites is 1. The van der Waals surface area contributed by atoms with Gasteiger partial charge >= 0.3 is 0 Å². The lowest BCUT2D eigenvalue weighted by atomic mass is 10.2. The van der Waals surface area contributed by atoms with Gasteiger partial charge in [-0.1, -0.05) is 18.2 Å². The number of hydrogen-bond donors (Lipinski definition) is 1. The van der Waals surface area contributed by atoms with Crippen LogP contribution in [0.5, 0.6) is 5.75 Å². The van der Waals surface area contributed by atoms with Gasteiger partial charge in [0.1, 0.15) is 5.75 Å². The Morgan fingerprint density at radius 1 is 1.08 bits per heavy atom. The Kier molecular flexibility index (Phi) is 5.18. The fraction of sp³-hybridized carbons (Fsp3) is 0.158. The predicted molar refractivity (Wildman–Crippen MR) is 100 cm³/mol. The predicted octanol–water partition coefficient (Wildman–Crippen LogP) is 3.05. The Bertz CT molecular complexity index is 1030. The van der Waals surface area contributed by atoms with Crippen molar-refractivity contribution in [1.82, 2.24) is 4.98 Å². The quantitative estimate of drug-likeness (QED) is 0.721. The van der Waals surface area contributed by atoms with Crippen LogP contribution in [0.15, 0.2) is 65.7 Å². The summed E-state index contributed by atoms with van der Waals surface area (Å²) in [4.78, 5) is 16.4. The van der Waals surface area contributed by atoms with Gasteiger partial charge in [-0.05, 0) is 36.4 Å². The van der Waals surface area contributed by atoms with E-state index in [-0.39, 0.29) is 23.0 Å². The van der Waals surface area contributed by atoms with E-state index in [1.807, 2.05) is 0 Å². The maximum atomic E-state index is 12.7. The molecule has 0 aliphatic heterocycles. The molecule has 7 heteroatoms. The van der Waals surface area contributed by atoms with E-state index in [1.165, 1.54) is 6.07 Å². The van der Waals surface area contributed by atoms with E-state index < -0.39 is 9.84 Å². The number of fused-ring (bicyclic) bond motifs is 1. The molecule has 1 amide bonds. The number of aromatic nitrogens is 1. The van der Waals surface area contributed by atoms with Crippen LogP contribution in [0.3, 0.4) is 0 Å². The summed E-state index contributed by atoms with van der Waals surface area (Å²) >= 11 is 0. The van der Waals surface area contributed by atoms with Crippen molar-refractivity contribution in [3.63, 3.8) is 0 Å². The van der Waals surface area contributed by atoms with E-state index in [9.17, 15) is 13.2 Å². The third kappa shape index (κ3) is 4.00. The number of carbonyl (C=O) groups excluding carboxylic acids is 1. The first kappa shape index (κ1) is 17.9. The van der Waals surface area contributed by atoms with Crippen molar-refractivity contribution in [2.75, 3.05) is 18.2 Å². The zero-order chi connectivity index (χ0) is 18.6. The van der Waals surface area contributed by atoms with Crippen molar-refractivity contribution < 1.29 is 17.9 Å². The second-order valence-corrected chi connectivity index (χ2v) is 7.75. The van der Waals surface area contributed by atoms with Gasteiger partial charge in [0.15, 0.2) is 9.84 Å². The number of sulfone groups is 1. The standard InChI is InChI=1S/C19H18N2O4S/c1-25-16-9-7-15(8-10-16)21-18(22)11-13-26(23,24)17-6-2-4-14-5-3-12-20-19(14)17/h2-10,12H,11,13H2,1H3,(H,21,22). The van der Waals surface area contributed by atoms with Gasteiger partial charge in [-0.25, -0.2) is 8.42 Å². The molecule has 6 nitrogen and oxygen atoms in total. The molecule has 0 aliphatic rings. The molecule has 0 bridgehead atoms. The summed E-state index contributed by atoms with van der Waals surface area (Å²) in [7, 11) is -2.07. The highest BCUT2D eigenvalue weighted by Gasteiger charge is 2.19. The van der Waals surface area contributed by atoms with Crippen molar-refractivity contribution in [1.29, 1.82) is 0 Å². The van der Waals surface area contributed by atoms with Crippen molar-refractivity contribution in [3.8, 4) is 5.75 Å². The molecule has 1 N–H and O–H groups in total. The number of carbonyl (C=O) groups is 1. The molecule has 1 aromatic heterocycles. The van der Waals surface area contributed by atoms with Gasteiger partial charge in [0.05, 0.1) is 23.3 Å². The monoisotopic (exact) mass is 370 g/mol. The van der Waals surface area contributed by atoms with Crippen LogP contribution in [0.1, 0.15) is 6.42 Å². The highest BCUT2D eigenvalue weighted by molar-refractivity contribution is 7.91. The summed E-state index contributed by atoms with van der Waals surface area (Å²) in [6.07, 6.45) is 1.41. The first-order valence-electron chi connectivity index (χ1n) is 8.00. The number of ether oxygens (including phenoxy) is 1. The Morgan fingerprint density at radius 3 is 2.54 bits per heavy atom. The molecular formula is C19H18N2O4S. The molecule has 0 atom stereocenters. The number of hydrogen-bond acceptors (Lipinski definition) is 5. The van der Waals surface area contributed by atoms with Gasteiger partial charge in [-0.15, -0.1) is 0 Å².